The molecular formula is C19H14N6O6. The molecule has 0 saturated heterocycles. The van der Waals surface area contributed by atoms with Crippen molar-refractivity contribution in [2.45, 2.75) is 6.54 Å². The summed E-state index contributed by atoms with van der Waals surface area (Å²) in [5, 5.41) is 17.0. The number of aromatic carboxylic acids is 1. The number of nitrogens with one attached hydrogen (secondary N) is 3. The van der Waals surface area contributed by atoms with Crippen LogP contribution in [0.1, 0.15) is 26.5 Å². The Bertz CT molecular complexity index is 1490. The third kappa shape index (κ3) is 3.53. The van der Waals surface area contributed by atoms with Crippen LogP contribution in [0, 0.1) is 0 Å². The monoisotopic (exact) mass is 422 g/mol. The number of carboxylic acid groups (broad SMARTS) is 1. The van der Waals surface area contributed by atoms with Crippen molar-refractivity contribution in [1.82, 2.24) is 19.9 Å². The molecule has 0 aliphatic carbocycles. The van der Waals surface area contributed by atoms with Crippen molar-refractivity contribution >= 4 is 34.6 Å². The fourth-order valence-corrected chi connectivity index (χ4v) is 2.98. The van der Waals surface area contributed by atoms with Gasteiger partial charge < -0.3 is 21.5 Å². The number of hydrogen-bond donors (Lipinski definition) is 5. The maximum absolute atomic E-state index is 12.5. The van der Waals surface area contributed by atoms with E-state index in [9.17, 15) is 29.1 Å². The van der Waals surface area contributed by atoms with Crippen LogP contribution >= 0.6 is 0 Å². The van der Waals surface area contributed by atoms with Gasteiger partial charge >= 0.3 is 5.97 Å². The Kier molecular flexibility index (Phi) is 4.58. The van der Waals surface area contributed by atoms with Gasteiger partial charge in [0.05, 0.1) is 0 Å². The number of rotatable bonds is 6. The minimum Gasteiger partial charge on any atom is -0.477 e. The maximum Gasteiger partial charge on any atom is 0.354 e. The molecule has 4 rings (SSSR count). The molecule has 4 aromatic rings. The summed E-state index contributed by atoms with van der Waals surface area (Å²) in [5.74, 6) is -1.99. The highest BCUT2D eigenvalue weighted by Crippen LogP contribution is 2.19. The molecular weight excluding hydrogens is 408 g/mol. The van der Waals surface area contributed by atoms with E-state index in [0.717, 1.165) is 16.6 Å². The fourth-order valence-electron chi connectivity index (χ4n) is 2.98. The molecule has 2 aromatic carbocycles. The number of nitrogens with two attached hydrogens (primary N) is 1. The Hall–Kier alpha value is -4.74. The summed E-state index contributed by atoms with van der Waals surface area (Å²) in [6.45, 7) is 0.0605. The number of carbonyl (C=O) groups is 2. The van der Waals surface area contributed by atoms with E-state index in [0.29, 0.717) is 11.3 Å². The number of nitrogen functional groups attached to an aromatic ring is 1. The van der Waals surface area contributed by atoms with Gasteiger partial charge in [0.1, 0.15) is 17.1 Å². The lowest BCUT2D eigenvalue weighted by atomic mass is 10.1. The first-order valence-corrected chi connectivity index (χ1v) is 8.83. The van der Waals surface area contributed by atoms with Gasteiger partial charge in [-0.15, -0.1) is 0 Å². The molecule has 0 radical (unpaired) electrons. The van der Waals surface area contributed by atoms with E-state index in [-0.39, 0.29) is 35.0 Å². The molecule has 6 N–H and O–H groups in total. The highest BCUT2D eigenvalue weighted by atomic mass is 16.4. The largest absolute Gasteiger partial charge is 0.477 e. The highest BCUT2D eigenvalue weighted by Gasteiger charge is 2.19. The Morgan fingerprint density at radius 2 is 1.90 bits per heavy atom. The molecule has 0 saturated carbocycles. The highest BCUT2D eigenvalue weighted by molar-refractivity contribution is 5.96. The van der Waals surface area contributed by atoms with Crippen LogP contribution in [-0.2, 0) is 6.54 Å². The summed E-state index contributed by atoms with van der Waals surface area (Å²) in [7, 11) is 0. The van der Waals surface area contributed by atoms with Crippen molar-refractivity contribution in [3.8, 4) is 0 Å². The number of benzene rings is 1. The first-order valence-electron chi connectivity index (χ1n) is 8.83. The van der Waals surface area contributed by atoms with E-state index in [2.05, 4.69) is 20.7 Å². The van der Waals surface area contributed by atoms with Crippen molar-refractivity contribution in [3.05, 3.63) is 84.1 Å². The number of carboxylic acids is 1. The Labute approximate surface area is 171 Å². The van der Waals surface area contributed by atoms with E-state index < -0.39 is 28.3 Å². The van der Waals surface area contributed by atoms with Crippen molar-refractivity contribution in [3.63, 3.8) is 0 Å². The number of carbonyl (C=O) groups excluding carboxylic acids is 1. The quantitative estimate of drug-likeness (QED) is 0.257. The molecule has 0 spiro atoms. The van der Waals surface area contributed by atoms with Gasteiger partial charge in [-0.05, 0) is 17.7 Å². The van der Waals surface area contributed by atoms with Gasteiger partial charge in [0.15, 0.2) is 11.3 Å². The summed E-state index contributed by atoms with van der Waals surface area (Å²) >= 11 is 0. The third-order valence-corrected chi connectivity index (χ3v) is 4.51. The van der Waals surface area contributed by atoms with Gasteiger partial charge in [-0.25, -0.2) is 14.3 Å². The van der Waals surface area contributed by atoms with Crippen LogP contribution in [-0.4, -0.2) is 31.6 Å². The van der Waals surface area contributed by atoms with Crippen LogP contribution in [0.15, 0.2) is 50.8 Å². The number of hydrogen-bond acceptors (Lipinski definition) is 8. The van der Waals surface area contributed by atoms with Crippen LogP contribution in [0.5, 0.6) is 0 Å². The predicted molar refractivity (Wildman–Crippen MR) is 109 cm³/mol. The van der Waals surface area contributed by atoms with E-state index in [1.54, 1.807) is 24.3 Å². The summed E-state index contributed by atoms with van der Waals surface area (Å²) in [5.41, 5.74) is 4.02. The molecule has 2 heterocycles. The lowest BCUT2D eigenvalue weighted by Crippen LogP contribution is -2.36. The van der Waals surface area contributed by atoms with Gasteiger partial charge in [0, 0.05) is 24.4 Å². The van der Waals surface area contributed by atoms with Crippen LogP contribution in [0.25, 0.3) is 5.65 Å². The summed E-state index contributed by atoms with van der Waals surface area (Å²) in [6, 6.07) is 8.80. The zero-order valence-electron chi connectivity index (χ0n) is 15.6. The molecule has 0 bridgehead atoms. The molecule has 156 valence electrons. The molecule has 0 atom stereocenters. The molecule has 2 aromatic heterocycles. The van der Waals surface area contributed by atoms with Crippen molar-refractivity contribution in [1.29, 1.82) is 0 Å². The van der Waals surface area contributed by atoms with Gasteiger partial charge in [0.2, 0.25) is 0 Å². The van der Waals surface area contributed by atoms with Crippen LogP contribution in [0.3, 0.4) is 0 Å². The minimum absolute atomic E-state index is 0.00757. The topological polar surface area (TPSA) is 189 Å². The first-order chi connectivity index (χ1) is 14.7. The van der Waals surface area contributed by atoms with Crippen molar-refractivity contribution in [2.75, 3.05) is 11.1 Å². The Morgan fingerprint density at radius 3 is 2.61 bits per heavy atom. The second-order valence-corrected chi connectivity index (χ2v) is 6.60. The third-order valence-electron chi connectivity index (χ3n) is 4.51. The zero-order chi connectivity index (χ0) is 22.3. The number of anilines is 3. The maximum atomic E-state index is 12.5. The number of fused-ring (bicyclic) bond motifs is 1. The van der Waals surface area contributed by atoms with Gasteiger partial charge in [-0.1, -0.05) is 12.1 Å². The second-order valence-electron chi connectivity index (χ2n) is 6.60. The SMILES string of the molecule is Nc1c(Nc2cccc(CNC(=O)c3cc(C(=O)O)n4[nH]c(=O)cc4n3)c2)c(=O)c1=O. The van der Waals surface area contributed by atoms with Crippen molar-refractivity contribution < 1.29 is 14.7 Å². The van der Waals surface area contributed by atoms with E-state index in [1.807, 2.05) is 0 Å². The molecule has 12 nitrogen and oxygen atoms in total. The van der Waals surface area contributed by atoms with Gasteiger partial charge in [0.25, 0.3) is 22.3 Å². The Balaban J connectivity index is 1.52. The Morgan fingerprint density at radius 1 is 1.13 bits per heavy atom. The normalized spacial score (nSPS) is 11.0. The standard InChI is InChI=1S/C19H14N6O6/c20-14-15(17(28)16(14)27)22-9-3-1-2-8(4-9)7-21-18(29)10-5-11(19(30)31)25-12(23-10)6-13(26)24-25/h1-6,22H,7,20H2,(H,21,29)(H,24,26)(H,30,31). The fraction of sp³-hybridized carbons (Fsp3) is 0.0526. The summed E-state index contributed by atoms with van der Waals surface area (Å²) < 4.78 is 0.976. The molecule has 0 aliphatic rings. The van der Waals surface area contributed by atoms with Crippen LogP contribution < -0.4 is 32.8 Å². The van der Waals surface area contributed by atoms with Crippen LogP contribution in [0.2, 0.25) is 0 Å². The number of nitrogens with zero attached hydrogens (tertiary/aromatic N) is 2. The summed E-state index contributed by atoms with van der Waals surface area (Å²) in [6.07, 6.45) is 0. The van der Waals surface area contributed by atoms with Crippen LogP contribution in [0.4, 0.5) is 17.1 Å². The zero-order valence-corrected chi connectivity index (χ0v) is 15.6. The van der Waals surface area contributed by atoms with E-state index in [1.165, 1.54) is 0 Å². The molecule has 0 aliphatic heterocycles. The van der Waals surface area contributed by atoms with Gasteiger partial charge in [-0.2, -0.15) is 0 Å². The average molecular weight is 422 g/mol. The second kappa shape index (κ2) is 7.26. The number of H-pyrrole nitrogens is 1. The predicted octanol–water partition coefficient (Wildman–Crippen LogP) is -0.427. The number of aromatic amines is 1. The average Bonchev–Trinajstić information content (AvgIpc) is 3.14. The van der Waals surface area contributed by atoms with Crippen molar-refractivity contribution in [2.24, 2.45) is 0 Å². The number of amides is 1. The molecule has 12 heteroatoms. The molecule has 0 unspecified atom stereocenters. The molecule has 0 fully saturated rings. The number of aromatic nitrogens is 3. The molecule has 1 amide bonds. The first kappa shape index (κ1) is 19.6. The smallest absolute Gasteiger partial charge is 0.354 e. The molecule has 31 heavy (non-hydrogen) atoms. The lowest BCUT2D eigenvalue weighted by Gasteiger charge is -2.12. The van der Waals surface area contributed by atoms with Gasteiger partial charge in [-0.3, -0.25) is 24.3 Å². The summed E-state index contributed by atoms with van der Waals surface area (Å²) in [4.78, 5) is 62.1. The van der Waals surface area contributed by atoms with E-state index in [4.69, 9.17) is 5.73 Å². The lowest BCUT2D eigenvalue weighted by molar-refractivity contribution is 0.0687. The van der Waals surface area contributed by atoms with E-state index >= 15 is 0 Å². The minimum atomic E-state index is -1.34.